The summed E-state index contributed by atoms with van der Waals surface area (Å²) < 4.78 is 28.5. The lowest BCUT2D eigenvalue weighted by atomic mass is 10.0. The van der Waals surface area contributed by atoms with Crippen molar-refractivity contribution in [2.45, 2.75) is 181 Å². The van der Waals surface area contributed by atoms with Crippen LogP contribution in [-0.2, 0) is 12.8 Å². The molecule has 0 bridgehead atoms. The number of hydrogen-bond acceptors (Lipinski definition) is 4. The van der Waals surface area contributed by atoms with E-state index in [9.17, 15) is 8.78 Å². The van der Waals surface area contributed by atoms with E-state index in [-0.39, 0.29) is 16.5 Å². The van der Waals surface area contributed by atoms with Crippen LogP contribution in [0.5, 0.6) is 0 Å². The van der Waals surface area contributed by atoms with Crippen LogP contribution in [0.3, 0.4) is 0 Å². The Morgan fingerprint density at radius 3 is 1.38 bits per heavy atom. The molecule has 0 radical (unpaired) electrons. The molecule has 0 aliphatic heterocycles. The van der Waals surface area contributed by atoms with Gasteiger partial charge in [0.1, 0.15) is 22.8 Å². The van der Waals surface area contributed by atoms with Crippen molar-refractivity contribution in [1.82, 2.24) is 19.9 Å². The van der Waals surface area contributed by atoms with Gasteiger partial charge < -0.3 is 0 Å². The molecule has 0 saturated heterocycles. The largest absolute Gasteiger partial charge is 0.245 e. The number of benzene rings is 1. The number of nitrogens with zero attached hydrogens (tertiary/aromatic N) is 4. The molecule has 0 spiro atoms. The first-order valence-corrected chi connectivity index (χ1v) is 19.6. The molecule has 2 aromatic heterocycles. The molecule has 0 aliphatic rings. The number of aromatic nitrogens is 4. The van der Waals surface area contributed by atoms with E-state index >= 15 is 0 Å². The fourth-order valence-corrected chi connectivity index (χ4v) is 6.69. The zero-order valence-corrected chi connectivity index (χ0v) is 30.3. The van der Waals surface area contributed by atoms with Gasteiger partial charge in [-0.05, 0) is 49.4 Å². The van der Waals surface area contributed by atoms with E-state index < -0.39 is 11.6 Å². The van der Waals surface area contributed by atoms with Crippen molar-refractivity contribution in [3.8, 4) is 11.3 Å². The topological polar surface area (TPSA) is 51.6 Å². The summed E-state index contributed by atoms with van der Waals surface area (Å²) in [5, 5.41) is -0.0180. The van der Waals surface area contributed by atoms with Crippen molar-refractivity contribution < 1.29 is 8.78 Å². The van der Waals surface area contributed by atoms with E-state index in [1.165, 1.54) is 147 Å². The minimum Gasteiger partial charge on any atom is -0.245 e. The molecule has 262 valence electrons. The molecule has 0 aliphatic carbocycles. The first kappa shape index (κ1) is 39.2. The summed E-state index contributed by atoms with van der Waals surface area (Å²) in [6, 6.07) is 3.47. The molecule has 0 atom stereocenters. The summed E-state index contributed by atoms with van der Waals surface area (Å²) in [5.41, 5.74) is 3.12. The minimum atomic E-state index is -0.703. The van der Waals surface area contributed by atoms with Gasteiger partial charge in [0.25, 0.3) is 0 Å². The number of aryl methyl sites for hydroxylation is 2. The highest BCUT2D eigenvalue weighted by Crippen LogP contribution is 2.29. The predicted molar refractivity (Wildman–Crippen MR) is 195 cm³/mol. The second kappa shape index (κ2) is 24.0. The fourth-order valence-electron chi connectivity index (χ4n) is 6.53. The van der Waals surface area contributed by atoms with E-state index in [0.29, 0.717) is 11.2 Å². The lowest BCUT2D eigenvalue weighted by Gasteiger charge is -2.12. The first-order valence-electron chi connectivity index (χ1n) is 19.2. The highest BCUT2D eigenvalue weighted by molar-refractivity contribution is 6.28. The summed E-state index contributed by atoms with van der Waals surface area (Å²) >= 11 is 6.28. The summed E-state index contributed by atoms with van der Waals surface area (Å²) in [7, 11) is 0. The highest BCUT2D eigenvalue weighted by Gasteiger charge is 2.19. The summed E-state index contributed by atoms with van der Waals surface area (Å²) in [6.07, 6.45) is 32.9. The maximum absolute atomic E-state index is 14.9. The predicted octanol–water partition coefficient (Wildman–Crippen LogP) is 13.5. The van der Waals surface area contributed by atoms with Gasteiger partial charge in [0.15, 0.2) is 5.65 Å². The zero-order chi connectivity index (χ0) is 33.5. The third kappa shape index (κ3) is 15.3. The maximum atomic E-state index is 14.9. The number of halogens is 3. The van der Waals surface area contributed by atoms with E-state index in [1.807, 2.05) is 0 Å². The zero-order valence-electron chi connectivity index (χ0n) is 29.5. The quantitative estimate of drug-likeness (QED) is 0.0598. The van der Waals surface area contributed by atoms with Crippen LogP contribution in [0.4, 0.5) is 8.78 Å². The van der Waals surface area contributed by atoms with Crippen LogP contribution < -0.4 is 0 Å². The van der Waals surface area contributed by atoms with Crippen LogP contribution in [-0.4, -0.2) is 19.9 Å². The van der Waals surface area contributed by atoms with Crippen molar-refractivity contribution in [2.75, 3.05) is 0 Å². The minimum absolute atomic E-state index is 0.0180. The summed E-state index contributed by atoms with van der Waals surface area (Å²) in [4.78, 5) is 18.6. The standard InChI is InChI=1S/C40H61ClF2N4/c1-3-5-7-9-11-13-15-17-19-21-23-25-27-35-36(28-26-24-22-20-18-16-14-12-10-8-6-4-2)45-39-38(44-35)37(46-40(41)47-39)33-30-29-32(42)31-34(33)43/h29-31H,3-28H2,1-2H3. The molecule has 3 rings (SSSR count). The molecule has 2 heterocycles. The van der Waals surface area contributed by atoms with Gasteiger partial charge in [0.05, 0.1) is 11.4 Å². The second-order valence-electron chi connectivity index (χ2n) is 13.5. The molecule has 47 heavy (non-hydrogen) atoms. The number of hydrogen-bond donors (Lipinski definition) is 0. The van der Waals surface area contributed by atoms with Gasteiger partial charge in [-0.2, -0.15) is 4.98 Å². The molecule has 0 amide bonds. The van der Waals surface area contributed by atoms with Crippen LogP contribution in [0.2, 0.25) is 5.28 Å². The molecule has 1 aromatic carbocycles. The molecule has 4 nitrogen and oxygen atoms in total. The maximum Gasteiger partial charge on any atom is 0.225 e. The summed E-state index contributed by atoms with van der Waals surface area (Å²) in [5.74, 6) is -1.34. The Kier molecular flexibility index (Phi) is 20.0. The number of fused-ring (bicyclic) bond motifs is 1. The van der Waals surface area contributed by atoms with E-state index in [1.54, 1.807) is 0 Å². The van der Waals surface area contributed by atoms with Crippen molar-refractivity contribution in [3.63, 3.8) is 0 Å². The Bertz CT molecular complexity index is 1280. The number of rotatable bonds is 27. The van der Waals surface area contributed by atoms with Crippen molar-refractivity contribution in [2.24, 2.45) is 0 Å². The number of unbranched alkanes of at least 4 members (excludes halogenated alkanes) is 22. The smallest absolute Gasteiger partial charge is 0.225 e. The van der Waals surface area contributed by atoms with E-state index in [0.717, 1.165) is 49.6 Å². The Morgan fingerprint density at radius 1 is 0.511 bits per heavy atom. The molecule has 3 aromatic rings. The van der Waals surface area contributed by atoms with Gasteiger partial charge in [-0.15, -0.1) is 0 Å². The Hall–Kier alpha value is -2.21. The summed E-state index contributed by atoms with van der Waals surface area (Å²) in [6.45, 7) is 4.54. The second-order valence-corrected chi connectivity index (χ2v) is 13.9. The van der Waals surface area contributed by atoms with Crippen LogP contribution in [0, 0.1) is 11.6 Å². The third-order valence-corrected chi connectivity index (χ3v) is 9.55. The monoisotopic (exact) mass is 670 g/mol. The molecular weight excluding hydrogens is 610 g/mol. The van der Waals surface area contributed by atoms with Gasteiger partial charge in [0, 0.05) is 11.6 Å². The third-order valence-electron chi connectivity index (χ3n) is 9.38. The molecule has 0 N–H and O–H groups in total. The Balaban J connectivity index is 1.56. The Morgan fingerprint density at radius 2 is 0.936 bits per heavy atom. The highest BCUT2D eigenvalue weighted by atomic mass is 35.5. The van der Waals surface area contributed by atoms with Crippen LogP contribution in [0.25, 0.3) is 22.4 Å². The first-order chi connectivity index (χ1) is 23.0. The van der Waals surface area contributed by atoms with Crippen molar-refractivity contribution >= 4 is 22.8 Å². The molecule has 0 saturated carbocycles. The van der Waals surface area contributed by atoms with Gasteiger partial charge in [0.2, 0.25) is 5.28 Å². The molecule has 0 unspecified atom stereocenters. The van der Waals surface area contributed by atoms with Gasteiger partial charge >= 0.3 is 0 Å². The van der Waals surface area contributed by atoms with Gasteiger partial charge in [-0.3, -0.25) is 0 Å². The van der Waals surface area contributed by atoms with Crippen LogP contribution in [0.1, 0.15) is 179 Å². The SMILES string of the molecule is CCCCCCCCCCCCCCc1nc2nc(Cl)nc(-c3ccc(F)cc3F)c2nc1CCCCCCCCCCCCCC. The van der Waals surface area contributed by atoms with Crippen molar-refractivity contribution in [3.05, 3.63) is 46.5 Å². The molecular formula is C40H61ClF2N4. The van der Waals surface area contributed by atoms with Gasteiger partial charge in [-0.25, -0.2) is 23.7 Å². The molecule has 0 fully saturated rings. The van der Waals surface area contributed by atoms with E-state index in [4.69, 9.17) is 21.6 Å². The van der Waals surface area contributed by atoms with Crippen molar-refractivity contribution in [1.29, 1.82) is 0 Å². The Labute approximate surface area is 289 Å². The van der Waals surface area contributed by atoms with Crippen LogP contribution in [0.15, 0.2) is 18.2 Å². The average Bonchev–Trinajstić information content (AvgIpc) is 3.05. The lowest BCUT2D eigenvalue weighted by molar-refractivity contribution is 0.540. The van der Waals surface area contributed by atoms with E-state index in [2.05, 4.69) is 23.8 Å². The molecule has 7 heteroatoms. The van der Waals surface area contributed by atoms with Crippen LogP contribution >= 0.6 is 11.6 Å². The average molecular weight is 671 g/mol. The normalized spacial score (nSPS) is 11.6. The fraction of sp³-hybridized carbons (Fsp3) is 0.700. The lowest BCUT2D eigenvalue weighted by Crippen LogP contribution is -2.07. The van der Waals surface area contributed by atoms with Gasteiger partial charge in [-0.1, -0.05) is 155 Å².